The van der Waals surface area contributed by atoms with Crippen molar-refractivity contribution in [3.05, 3.63) is 0 Å². The normalized spacial score (nSPS) is 12.4. The molecule has 2 atom stereocenters. The summed E-state index contributed by atoms with van der Waals surface area (Å²) in [4.78, 5) is 38.4. The number of esters is 3. The van der Waals surface area contributed by atoms with Crippen molar-refractivity contribution < 1.29 is 28.6 Å². The van der Waals surface area contributed by atoms with Gasteiger partial charge >= 0.3 is 17.9 Å². The zero-order chi connectivity index (χ0) is 55.3. The molecule has 1 unspecified atom stereocenters. The van der Waals surface area contributed by atoms with E-state index in [0.717, 1.165) is 69.6 Å². The molecule has 0 aromatic carbocycles. The van der Waals surface area contributed by atoms with E-state index in [1.54, 1.807) is 0 Å². The molecule has 0 heterocycles. The number of hydrogen-bond donors (Lipinski definition) is 0. The molecule has 0 aliphatic rings. The van der Waals surface area contributed by atoms with Gasteiger partial charge in [-0.2, -0.15) is 0 Å². The first-order valence-corrected chi connectivity index (χ1v) is 34.8. The van der Waals surface area contributed by atoms with Crippen LogP contribution in [0.25, 0.3) is 0 Å². The summed E-state index contributed by atoms with van der Waals surface area (Å²) in [5.74, 6) is 0.929. The van der Waals surface area contributed by atoms with Crippen LogP contribution in [0.3, 0.4) is 0 Å². The summed E-state index contributed by atoms with van der Waals surface area (Å²) < 4.78 is 17.0. The average molecular weight is 1070 g/mol. The standard InChI is InChI=1S/C70H136O6/c1-6-8-9-10-11-12-13-14-15-16-17-21-24-30-35-40-45-50-55-60-68(71)74-63-67(64-75-69(72)61-56-51-46-41-36-31-27-26-28-33-38-43-48-53-58-65(3)4)76-70(73)62-57-52-47-42-37-32-25-22-19-18-20-23-29-34-39-44-49-54-59-66(5)7-2/h65-67H,6-64H2,1-5H3/t66?,67-/m1/s1. The van der Waals surface area contributed by atoms with Gasteiger partial charge in [0, 0.05) is 19.3 Å². The maximum Gasteiger partial charge on any atom is 0.306 e. The van der Waals surface area contributed by atoms with Crippen LogP contribution < -0.4 is 0 Å². The summed E-state index contributed by atoms with van der Waals surface area (Å²) in [7, 11) is 0. The Hall–Kier alpha value is -1.59. The Morgan fingerprint density at radius 3 is 0.750 bits per heavy atom. The number of hydrogen-bond acceptors (Lipinski definition) is 6. The smallest absolute Gasteiger partial charge is 0.306 e. The Bertz CT molecular complexity index is 1170. The Balaban J connectivity index is 4.27. The quantitative estimate of drug-likeness (QED) is 0.0343. The highest BCUT2D eigenvalue weighted by molar-refractivity contribution is 5.71. The van der Waals surface area contributed by atoms with Crippen LogP contribution in [0.1, 0.15) is 401 Å². The van der Waals surface area contributed by atoms with Crippen molar-refractivity contribution in [1.82, 2.24) is 0 Å². The van der Waals surface area contributed by atoms with Crippen LogP contribution in [0, 0.1) is 11.8 Å². The van der Waals surface area contributed by atoms with Gasteiger partial charge in [-0.05, 0) is 31.1 Å². The van der Waals surface area contributed by atoms with E-state index in [0.29, 0.717) is 19.3 Å². The number of rotatable bonds is 64. The molecule has 0 aliphatic heterocycles. The van der Waals surface area contributed by atoms with Gasteiger partial charge in [-0.25, -0.2) is 0 Å². The Labute approximate surface area is 476 Å². The van der Waals surface area contributed by atoms with Gasteiger partial charge in [0.05, 0.1) is 0 Å². The highest BCUT2D eigenvalue weighted by Gasteiger charge is 2.20. The fraction of sp³-hybridized carbons (Fsp3) is 0.957. The lowest BCUT2D eigenvalue weighted by atomic mass is 9.99. The van der Waals surface area contributed by atoms with E-state index in [-0.39, 0.29) is 31.1 Å². The summed E-state index contributed by atoms with van der Waals surface area (Å²) in [6, 6.07) is 0. The molecule has 0 amide bonds. The molecule has 6 heteroatoms. The molecule has 452 valence electrons. The van der Waals surface area contributed by atoms with E-state index in [1.807, 2.05) is 0 Å². The first-order chi connectivity index (χ1) is 37.3. The summed E-state index contributed by atoms with van der Waals surface area (Å²) >= 11 is 0. The second kappa shape index (κ2) is 62.6. The van der Waals surface area contributed by atoms with Crippen LogP contribution in [-0.2, 0) is 28.6 Å². The maximum absolute atomic E-state index is 13.0. The molecule has 0 N–H and O–H groups in total. The molecule has 0 radical (unpaired) electrons. The zero-order valence-electron chi connectivity index (χ0n) is 52.4. The van der Waals surface area contributed by atoms with Crippen molar-refractivity contribution in [3.63, 3.8) is 0 Å². The number of carbonyl (C=O) groups is 3. The Kier molecular flexibility index (Phi) is 61.3. The van der Waals surface area contributed by atoms with Crippen LogP contribution in [0.15, 0.2) is 0 Å². The highest BCUT2D eigenvalue weighted by Crippen LogP contribution is 2.20. The molecule has 0 bridgehead atoms. The third-order valence-corrected chi connectivity index (χ3v) is 16.6. The van der Waals surface area contributed by atoms with Crippen LogP contribution >= 0.6 is 0 Å². The second-order valence-electron chi connectivity index (χ2n) is 24.9. The van der Waals surface area contributed by atoms with E-state index in [2.05, 4.69) is 34.6 Å². The minimum atomic E-state index is -0.765. The van der Waals surface area contributed by atoms with Crippen molar-refractivity contribution in [2.45, 2.75) is 407 Å². The van der Waals surface area contributed by atoms with E-state index in [9.17, 15) is 14.4 Å². The topological polar surface area (TPSA) is 78.9 Å². The first kappa shape index (κ1) is 74.4. The number of ether oxygens (including phenoxy) is 3. The van der Waals surface area contributed by atoms with E-state index >= 15 is 0 Å². The molecular weight excluding hydrogens is 937 g/mol. The molecule has 0 aliphatic carbocycles. The molecular formula is C70H136O6. The minimum absolute atomic E-state index is 0.0613. The van der Waals surface area contributed by atoms with Crippen molar-refractivity contribution in [2.24, 2.45) is 11.8 Å². The van der Waals surface area contributed by atoms with Gasteiger partial charge in [-0.1, -0.05) is 362 Å². The fourth-order valence-corrected chi connectivity index (χ4v) is 11.0. The minimum Gasteiger partial charge on any atom is -0.462 e. The second-order valence-corrected chi connectivity index (χ2v) is 24.9. The molecule has 0 spiro atoms. The molecule has 0 rings (SSSR count). The van der Waals surface area contributed by atoms with Crippen LogP contribution in [-0.4, -0.2) is 37.2 Å². The van der Waals surface area contributed by atoms with Gasteiger partial charge in [0.2, 0.25) is 0 Å². The Morgan fingerprint density at radius 1 is 0.276 bits per heavy atom. The van der Waals surface area contributed by atoms with Crippen molar-refractivity contribution in [3.8, 4) is 0 Å². The van der Waals surface area contributed by atoms with E-state index in [4.69, 9.17) is 14.2 Å². The molecule has 76 heavy (non-hydrogen) atoms. The molecule has 0 saturated heterocycles. The van der Waals surface area contributed by atoms with Crippen molar-refractivity contribution in [1.29, 1.82) is 0 Å². The molecule has 0 fully saturated rings. The van der Waals surface area contributed by atoms with Crippen molar-refractivity contribution >= 4 is 17.9 Å². The lowest BCUT2D eigenvalue weighted by molar-refractivity contribution is -0.167. The molecule has 0 aromatic heterocycles. The van der Waals surface area contributed by atoms with Gasteiger partial charge in [0.25, 0.3) is 0 Å². The lowest BCUT2D eigenvalue weighted by Crippen LogP contribution is -2.30. The highest BCUT2D eigenvalue weighted by atomic mass is 16.6. The first-order valence-electron chi connectivity index (χ1n) is 34.8. The summed E-state index contributed by atoms with van der Waals surface area (Å²) in [5, 5.41) is 0. The van der Waals surface area contributed by atoms with Gasteiger partial charge in [-0.3, -0.25) is 14.4 Å². The number of unbranched alkanes of at least 4 members (excludes halogenated alkanes) is 48. The van der Waals surface area contributed by atoms with E-state index < -0.39 is 6.10 Å². The van der Waals surface area contributed by atoms with Crippen LogP contribution in [0.4, 0.5) is 0 Å². The van der Waals surface area contributed by atoms with Crippen LogP contribution in [0.5, 0.6) is 0 Å². The third-order valence-electron chi connectivity index (χ3n) is 16.6. The van der Waals surface area contributed by atoms with Crippen molar-refractivity contribution in [2.75, 3.05) is 13.2 Å². The van der Waals surface area contributed by atoms with Gasteiger partial charge < -0.3 is 14.2 Å². The monoisotopic (exact) mass is 1070 g/mol. The Morgan fingerprint density at radius 2 is 0.500 bits per heavy atom. The SMILES string of the molecule is CCCCCCCCCCCCCCCCCCCCCC(=O)OC[C@H](COC(=O)CCCCCCCCCCCCCCCCC(C)C)OC(=O)CCCCCCCCCCCCCCCCCCCCC(C)CC. The zero-order valence-corrected chi connectivity index (χ0v) is 52.4. The third kappa shape index (κ3) is 61.6. The largest absolute Gasteiger partial charge is 0.462 e. The average Bonchev–Trinajstić information content (AvgIpc) is 3.41. The molecule has 6 nitrogen and oxygen atoms in total. The maximum atomic E-state index is 13.0. The fourth-order valence-electron chi connectivity index (χ4n) is 11.0. The molecule has 0 saturated carbocycles. The summed E-state index contributed by atoms with van der Waals surface area (Å²) in [5.41, 5.74) is 0. The van der Waals surface area contributed by atoms with E-state index in [1.165, 1.54) is 289 Å². The van der Waals surface area contributed by atoms with Gasteiger partial charge in [-0.15, -0.1) is 0 Å². The van der Waals surface area contributed by atoms with Gasteiger partial charge in [0.15, 0.2) is 6.10 Å². The number of carbonyl (C=O) groups excluding carboxylic acids is 3. The van der Waals surface area contributed by atoms with Crippen LogP contribution in [0.2, 0.25) is 0 Å². The van der Waals surface area contributed by atoms with Gasteiger partial charge in [0.1, 0.15) is 13.2 Å². The molecule has 0 aromatic rings. The predicted molar refractivity (Wildman–Crippen MR) is 330 cm³/mol. The summed E-state index contributed by atoms with van der Waals surface area (Å²) in [6.07, 6.45) is 71.1. The predicted octanol–water partition coefficient (Wildman–Crippen LogP) is 23.6. The lowest BCUT2D eigenvalue weighted by Gasteiger charge is -2.18. The summed E-state index contributed by atoms with van der Waals surface area (Å²) in [6.45, 7) is 11.5.